The molecule has 1 fully saturated rings. The van der Waals surface area contributed by atoms with Gasteiger partial charge in [-0.3, -0.25) is 19.3 Å². The van der Waals surface area contributed by atoms with Crippen LogP contribution in [0.5, 0.6) is 0 Å². The van der Waals surface area contributed by atoms with Crippen LogP contribution in [0, 0.1) is 0 Å². The normalized spacial score (nSPS) is 14.0. The zero-order chi connectivity index (χ0) is 20.1. The van der Waals surface area contributed by atoms with Gasteiger partial charge in [-0.25, -0.2) is 9.69 Å². The fourth-order valence-electron chi connectivity index (χ4n) is 2.79. The number of imide groups is 2. The molecule has 0 spiro atoms. The number of hydrogen-bond acceptors (Lipinski definition) is 4. The number of nitrogens with one attached hydrogen (secondary N) is 1. The number of benzene rings is 2. The van der Waals surface area contributed by atoms with E-state index in [0.717, 1.165) is 10.5 Å². The van der Waals surface area contributed by atoms with Gasteiger partial charge in [0.1, 0.15) is 6.54 Å². The monoisotopic (exact) mass is 399 g/mol. The molecule has 1 N–H and O–H groups in total. The minimum absolute atomic E-state index is 0.0149. The van der Waals surface area contributed by atoms with Crippen molar-refractivity contribution in [3.63, 3.8) is 0 Å². The van der Waals surface area contributed by atoms with Crippen LogP contribution in [0.25, 0.3) is 0 Å². The first-order valence-corrected chi connectivity index (χ1v) is 9.06. The van der Waals surface area contributed by atoms with Crippen molar-refractivity contribution in [3.05, 3.63) is 70.7 Å². The summed E-state index contributed by atoms with van der Waals surface area (Å²) in [7, 11) is 0. The van der Waals surface area contributed by atoms with Crippen molar-refractivity contribution < 1.29 is 19.2 Å². The molecule has 0 atom stereocenters. The van der Waals surface area contributed by atoms with Crippen LogP contribution in [0.15, 0.2) is 54.6 Å². The molecule has 1 heterocycles. The maximum Gasteiger partial charge on any atom is 0.335 e. The van der Waals surface area contributed by atoms with E-state index in [-0.39, 0.29) is 6.54 Å². The summed E-state index contributed by atoms with van der Waals surface area (Å²) in [6.45, 7) is -0.174. The predicted octanol–water partition coefficient (Wildman–Crippen LogP) is 1.99. The topological polar surface area (TPSA) is 86.8 Å². The SMILES string of the molecule is O=C(CN1C(=O)C(=O)N(Cc2ccccc2)C1=O)NCCc1ccc(Cl)cc1. The Morgan fingerprint density at radius 3 is 2.18 bits per heavy atom. The second-order valence-electron chi connectivity index (χ2n) is 6.28. The molecule has 3 rings (SSSR count). The molecule has 1 saturated heterocycles. The quantitative estimate of drug-likeness (QED) is 0.569. The molecule has 0 saturated carbocycles. The van der Waals surface area contributed by atoms with Gasteiger partial charge >= 0.3 is 17.8 Å². The zero-order valence-corrected chi connectivity index (χ0v) is 15.7. The first-order valence-electron chi connectivity index (χ1n) is 8.68. The summed E-state index contributed by atoms with van der Waals surface area (Å²) in [4.78, 5) is 50.2. The van der Waals surface area contributed by atoms with E-state index in [0.29, 0.717) is 28.5 Å². The van der Waals surface area contributed by atoms with Crippen molar-refractivity contribution in [1.29, 1.82) is 0 Å². The smallest absolute Gasteiger partial charge is 0.335 e. The predicted molar refractivity (Wildman–Crippen MR) is 102 cm³/mol. The summed E-state index contributed by atoms with van der Waals surface area (Å²) in [5.41, 5.74) is 1.70. The molecule has 1 aliphatic heterocycles. The molecule has 0 bridgehead atoms. The molecule has 28 heavy (non-hydrogen) atoms. The number of amides is 5. The summed E-state index contributed by atoms with van der Waals surface area (Å²) in [6.07, 6.45) is 0.573. The molecule has 0 radical (unpaired) electrons. The summed E-state index contributed by atoms with van der Waals surface area (Å²) in [5.74, 6) is -2.43. The van der Waals surface area contributed by atoms with Crippen LogP contribution < -0.4 is 5.32 Å². The molecule has 144 valence electrons. The van der Waals surface area contributed by atoms with Gasteiger partial charge in [-0.1, -0.05) is 54.1 Å². The van der Waals surface area contributed by atoms with Crippen molar-refractivity contribution in [2.24, 2.45) is 0 Å². The lowest BCUT2D eigenvalue weighted by Gasteiger charge is -2.15. The van der Waals surface area contributed by atoms with Gasteiger partial charge in [-0.05, 0) is 29.7 Å². The Morgan fingerprint density at radius 1 is 0.857 bits per heavy atom. The molecule has 8 heteroatoms. The van der Waals surface area contributed by atoms with E-state index in [2.05, 4.69) is 5.32 Å². The molecule has 0 aromatic heterocycles. The lowest BCUT2D eigenvalue weighted by molar-refractivity contribution is -0.144. The van der Waals surface area contributed by atoms with Crippen LogP contribution in [0.4, 0.5) is 4.79 Å². The summed E-state index contributed by atoms with van der Waals surface area (Å²) in [6, 6.07) is 15.3. The Kier molecular flexibility index (Phi) is 6.06. The molecule has 2 aromatic rings. The Hall–Kier alpha value is -3.19. The minimum atomic E-state index is -0.992. The average Bonchev–Trinajstić information content (AvgIpc) is 2.88. The van der Waals surface area contributed by atoms with Crippen molar-refractivity contribution in [1.82, 2.24) is 15.1 Å². The molecule has 2 aromatic carbocycles. The van der Waals surface area contributed by atoms with Crippen LogP contribution in [-0.2, 0) is 27.3 Å². The average molecular weight is 400 g/mol. The highest BCUT2D eigenvalue weighted by molar-refractivity contribution is 6.44. The van der Waals surface area contributed by atoms with Gasteiger partial charge in [0.25, 0.3) is 0 Å². The van der Waals surface area contributed by atoms with Gasteiger partial charge in [-0.2, -0.15) is 0 Å². The molecule has 7 nitrogen and oxygen atoms in total. The van der Waals surface area contributed by atoms with E-state index in [1.807, 2.05) is 18.2 Å². The van der Waals surface area contributed by atoms with E-state index in [1.165, 1.54) is 0 Å². The van der Waals surface area contributed by atoms with Crippen molar-refractivity contribution in [2.45, 2.75) is 13.0 Å². The molecule has 5 amide bonds. The van der Waals surface area contributed by atoms with Crippen LogP contribution in [-0.4, -0.2) is 46.6 Å². The third-order valence-electron chi connectivity index (χ3n) is 4.27. The van der Waals surface area contributed by atoms with Crippen LogP contribution in [0.1, 0.15) is 11.1 Å². The van der Waals surface area contributed by atoms with Gasteiger partial charge in [0, 0.05) is 11.6 Å². The minimum Gasteiger partial charge on any atom is -0.354 e. The number of carbonyl (C=O) groups excluding carboxylic acids is 4. The lowest BCUT2D eigenvalue weighted by Crippen LogP contribution is -2.41. The van der Waals surface area contributed by atoms with Gasteiger partial charge in [0.05, 0.1) is 6.54 Å². The maximum atomic E-state index is 12.4. The second kappa shape index (κ2) is 8.67. The fraction of sp³-hybridized carbons (Fsp3) is 0.200. The molecule has 0 aliphatic carbocycles. The zero-order valence-electron chi connectivity index (χ0n) is 14.9. The Bertz CT molecular complexity index is 899. The number of urea groups is 1. The Labute approximate surface area is 166 Å². The lowest BCUT2D eigenvalue weighted by atomic mass is 10.1. The van der Waals surface area contributed by atoms with Crippen LogP contribution >= 0.6 is 11.6 Å². The van der Waals surface area contributed by atoms with Crippen molar-refractivity contribution in [3.8, 4) is 0 Å². The van der Waals surface area contributed by atoms with Crippen molar-refractivity contribution >= 4 is 35.4 Å². The third kappa shape index (κ3) is 4.55. The van der Waals surface area contributed by atoms with E-state index in [4.69, 9.17) is 11.6 Å². The van der Waals surface area contributed by atoms with E-state index < -0.39 is 30.3 Å². The van der Waals surface area contributed by atoms with E-state index in [1.54, 1.807) is 36.4 Å². The van der Waals surface area contributed by atoms with Gasteiger partial charge in [0.2, 0.25) is 5.91 Å². The van der Waals surface area contributed by atoms with Gasteiger partial charge < -0.3 is 5.32 Å². The number of nitrogens with zero attached hydrogens (tertiary/aromatic N) is 2. The first kappa shape index (κ1) is 19.6. The standard InChI is InChI=1S/C20H18ClN3O4/c21-16-8-6-14(7-9-16)10-11-22-17(25)13-24-19(27)18(26)23(20(24)28)12-15-4-2-1-3-5-15/h1-9H,10-13H2,(H,22,25). The summed E-state index contributed by atoms with van der Waals surface area (Å²) >= 11 is 5.82. The van der Waals surface area contributed by atoms with E-state index in [9.17, 15) is 19.2 Å². The highest BCUT2D eigenvalue weighted by atomic mass is 35.5. The second-order valence-corrected chi connectivity index (χ2v) is 6.71. The van der Waals surface area contributed by atoms with Gasteiger partial charge in [-0.15, -0.1) is 0 Å². The van der Waals surface area contributed by atoms with E-state index >= 15 is 0 Å². The number of carbonyl (C=O) groups is 4. The molecule has 1 aliphatic rings. The molecular weight excluding hydrogens is 382 g/mol. The highest BCUT2D eigenvalue weighted by Gasteiger charge is 2.45. The first-order chi connectivity index (χ1) is 13.5. The third-order valence-corrected chi connectivity index (χ3v) is 4.52. The largest absolute Gasteiger partial charge is 0.354 e. The van der Waals surface area contributed by atoms with Gasteiger partial charge in [0.15, 0.2) is 0 Å². The highest BCUT2D eigenvalue weighted by Crippen LogP contribution is 2.15. The fourth-order valence-corrected chi connectivity index (χ4v) is 2.92. The number of hydrogen-bond donors (Lipinski definition) is 1. The van der Waals surface area contributed by atoms with Crippen LogP contribution in [0.2, 0.25) is 5.02 Å². The summed E-state index contributed by atoms with van der Waals surface area (Å²) < 4.78 is 0. The Balaban J connectivity index is 1.53. The summed E-state index contributed by atoms with van der Waals surface area (Å²) in [5, 5.41) is 3.27. The van der Waals surface area contributed by atoms with Crippen molar-refractivity contribution in [2.75, 3.05) is 13.1 Å². The Morgan fingerprint density at radius 2 is 1.50 bits per heavy atom. The van der Waals surface area contributed by atoms with Crippen LogP contribution in [0.3, 0.4) is 0 Å². The molecular formula is C20H18ClN3O4. The molecule has 0 unspecified atom stereocenters. The number of halogens is 1. The maximum absolute atomic E-state index is 12.4. The number of rotatable bonds is 7.